The van der Waals surface area contributed by atoms with Crippen LogP contribution in [-0.4, -0.2) is 3.21 Å². The number of allylic oxidation sites excluding steroid dienone is 16. The van der Waals surface area contributed by atoms with Gasteiger partial charge < -0.3 is 31.2 Å². The summed E-state index contributed by atoms with van der Waals surface area (Å²) in [6.07, 6.45) is 36.9. The van der Waals surface area contributed by atoms with Gasteiger partial charge in [-0.2, -0.15) is 11.6 Å². The van der Waals surface area contributed by atoms with Gasteiger partial charge in [-0.15, -0.1) is 17.4 Å². The molecule has 2 fully saturated rings. The Hall–Kier alpha value is -2.31. The Bertz CT molecular complexity index is 2070. The van der Waals surface area contributed by atoms with E-state index in [2.05, 4.69) is 223 Å². The van der Waals surface area contributed by atoms with Crippen LogP contribution in [0, 0.1) is 67.7 Å². The number of fused-ring (bicyclic) bond motifs is 11. The van der Waals surface area contributed by atoms with Crippen molar-refractivity contribution in [2.75, 3.05) is 0 Å². The van der Waals surface area contributed by atoms with Crippen LogP contribution in [0.4, 0.5) is 0 Å². The van der Waals surface area contributed by atoms with Gasteiger partial charge in [0.05, 0.1) is 0 Å². The number of rotatable bonds is 0. The van der Waals surface area contributed by atoms with Crippen molar-refractivity contribution in [3.05, 3.63) is 162 Å². The molecule has 288 valence electrons. The fourth-order valence-corrected chi connectivity index (χ4v) is 13.4. The van der Waals surface area contributed by atoms with Gasteiger partial charge in [-0.3, -0.25) is 6.08 Å². The van der Waals surface area contributed by atoms with Crippen molar-refractivity contribution in [2.24, 2.45) is 55.2 Å². The van der Waals surface area contributed by atoms with Gasteiger partial charge in [0.15, 0.2) is 0 Å². The quantitative estimate of drug-likeness (QED) is 0.207. The normalized spacial score (nSPS) is 38.9. The predicted molar refractivity (Wildman–Crippen MR) is 224 cm³/mol. The molecule has 2 aromatic rings. The summed E-state index contributed by atoms with van der Waals surface area (Å²) in [7, 11) is 0. The standard InChI is InChI=1S/C29H37.C13H8.C10H15.2ClH.Zr/c1-21-14-13-15-22-20-27(6)25(4)18-10-9-16-23(25,2)24(3)17-11-12-19-26(24,5)29(27,8)28(21,22)7;1-3-7-12-10(5-1)9-11-6-2-4-8-13(11)12;1-8-5-6-9(7-8)10(2,3)4;;;/h9-20,22H,1-8H3;1-8H;6-8H,1-4H3;2*1H;/q-1;;-1;;;+2/p-2. The Morgan fingerprint density at radius 1 is 0.655 bits per heavy atom. The summed E-state index contributed by atoms with van der Waals surface area (Å²) in [5, 5.41) is 0. The molecule has 0 bridgehead atoms. The Labute approximate surface area is 361 Å². The average molecular weight is 847 g/mol. The van der Waals surface area contributed by atoms with Gasteiger partial charge in [-0.25, -0.2) is 6.08 Å². The van der Waals surface area contributed by atoms with Gasteiger partial charge in [-0.05, 0) is 28.6 Å². The number of hydrogen-bond donors (Lipinski definition) is 0. The van der Waals surface area contributed by atoms with Crippen molar-refractivity contribution in [3.63, 3.8) is 0 Å². The Morgan fingerprint density at radius 3 is 1.56 bits per heavy atom. The van der Waals surface area contributed by atoms with Crippen LogP contribution in [0.5, 0.6) is 0 Å². The van der Waals surface area contributed by atoms with Crippen molar-refractivity contribution in [1.82, 2.24) is 0 Å². The van der Waals surface area contributed by atoms with E-state index in [9.17, 15) is 0 Å². The fourth-order valence-electron chi connectivity index (χ4n) is 12.3. The molecule has 0 aliphatic heterocycles. The maximum atomic E-state index is 3.26. The van der Waals surface area contributed by atoms with E-state index in [0.717, 1.165) is 0 Å². The molecule has 0 spiro atoms. The Morgan fingerprint density at radius 2 is 1.11 bits per heavy atom. The summed E-state index contributed by atoms with van der Waals surface area (Å²) in [6.45, 7) is 29.2. The van der Waals surface area contributed by atoms with Crippen LogP contribution in [0.2, 0.25) is 0 Å². The molecular formula is C52H60Cl2Zr-2. The van der Waals surface area contributed by atoms with Gasteiger partial charge in [-0.1, -0.05) is 154 Å². The van der Waals surface area contributed by atoms with Crippen LogP contribution in [0.15, 0.2) is 139 Å². The molecule has 0 amide bonds. The second kappa shape index (κ2) is 14.5. The van der Waals surface area contributed by atoms with Gasteiger partial charge >= 0.3 is 98.2 Å². The molecule has 3 heteroatoms. The zero-order chi connectivity index (χ0) is 38.5. The molecule has 0 nitrogen and oxygen atoms in total. The molecule has 55 heavy (non-hydrogen) atoms. The Kier molecular flexibility index (Phi) is 11.6. The molecule has 7 aliphatic carbocycles. The van der Waals surface area contributed by atoms with E-state index in [0.29, 0.717) is 17.3 Å². The van der Waals surface area contributed by atoms with Crippen LogP contribution in [0.3, 0.4) is 0 Å². The summed E-state index contributed by atoms with van der Waals surface area (Å²) < 4.78 is 1.49. The molecular weight excluding hydrogens is 787 g/mol. The van der Waals surface area contributed by atoms with E-state index in [4.69, 9.17) is 0 Å². The van der Waals surface area contributed by atoms with Gasteiger partial charge in [0.25, 0.3) is 0 Å². The SMILES string of the molecule is CC1=CC=CC2[CH-]C3(C)C4(C)C=CC=CC4(C)C4(C)C=CC=CC4(C)C3(C)C12C.CC1[C-]=CC(C(C)(C)C)=C1.[Cl-].[Cl-].[Zr+2]=[C]1c2ccccc2-c2ccccc21. The van der Waals surface area contributed by atoms with Crippen molar-refractivity contribution < 1.29 is 49.0 Å². The minimum atomic E-state index is 0. The second-order valence-corrected chi connectivity index (χ2v) is 20.4. The molecule has 0 heterocycles. The third-order valence-electron chi connectivity index (χ3n) is 16.5. The minimum absolute atomic E-state index is 0. The van der Waals surface area contributed by atoms with E-state index < -0.39 is 0 Å². The predicted octanol–water partition coefficient (Wildman–Crippen LogP) is 7.40. The first kappa shape index (κ1) is 43.8. The summed E-state index contributed by atoms with van der Waals surface area (Å²) in [6, 6.07) is 17.3. The number of halogens is 2. The zero-order valence-corrected chi connectivity index (χ0v) is 39.1. The van der Waals surface area contributed by atoms with Gasteiger partial charge in [0, 0.05) is 10.8 Å². The molecule has 9 atom stereocenters. The van der Waals surface area contributed by atoms with Gasteiger partial charge in [0.2, 0.25) is 0 Å². The summed E-state index contributed by atoms with van der Waals surface area (Å²) in [5.41, 5.74) is 9.10. The van der Waals surface area contributed by atoms with Crippen molar-refractivity contribution in [2.45, 2.75) is 83.1 Å². The summed E-state index contributed by atoms with van der Waals surface area (Å²) in [4.78, 5) is 0. The molecule has 0 radical (unpaired) electrons. The van der Waals surface area contributed by atoms with Crippen molar-refractivity contribution >= 4 is 3.21 Å². The van der Waals surface area contributed by atoms with Crippen LogP contribution in [-0.2, 0) is 24.2 Å². The van der Waals surface area contributed by atoms with Crippen LogP contribution in [0.1, 0.15) is 94.2 Å². The molecule has 2 aromatic carbocycles. The van der Waals surface area contributed by atoms with Crippen LogP contribution in [0.25, 0.3) is 11.1 Å². The van der Waals surface area contributed by atoms with Crippen molar-refractivity contribution in [3.8, 4) is 11.1 Å². The van der Waals surface area contributed by atoms with E-state index in [1.54, 1.807) is 0 Å². The molecule has 0 N–H and O–H groups in total. The first-order chi connectivity index (χ1) is 24.8. The third-order valence-corrected chi connectivity index (χ3v) is 17.8. The molecule has 0 saturated heterocycles. The van der Waals surface area contributed by atoms with E-state index in [1.165, 1.54) is 60.8 Å². The molecule has 9 unspecified atom stereocenters. The number of hydrogen-bond acceptors (Lipinski definition) is 0. The monoisotopic (exact) mass is 844 g/mol. The Balaban J connectivity index is 0.000000185. The van der Waals surface area contributed by atoms with Crippen molar-refractivity contribution in [1.29, 1.82) is 0 Å². The first-order valence-electron chi connectivity index (χ1n) is 19.8. The average Bonchev–Trinajstić information content (AvgIpc) is 3.76. The molecule has 0 aromatic heterocycles. The first-order valence-corrected chi connectivity index (χ1v) is 21.1. The van der Waals surface area contributed by atoms with Crippen LogP contribution < -0.4 is 24.8 Å². The molecule has 2 saturated carbocycles. The summed E-state index contributed by atoms with van der Waals surface area (Å²) >= 11 is 1.50. The number of benzene rings is 2. The second-order valence-electron chi connectivity index (χ2n) is 19.1. The molecule has 7 aliphatic rings. The van der Waals surface area contributed by atoms with E-state index in [-0.39, 0.29) is 62.7 Å². The zero-order valence-electron chi connectivity index (χ0n) is 35.1. The van der Waals surface area contributed by atoms with Gasteiger partial charge in [0.1, 0.15) is 0 Å². The van der Waals surface area contributed by atoms with Crippen LogP contribution >= 0.6 is 0 Å². The third kappa shape index (κ3) is 5.62. The fraction of sp³-hybridized carbons (Fsp3) is 0.423. The molecule has 9 rings (SSSR count). The van der Waals surface area contributed by atoms with E-state index >= 15 is 0 Å². The topological polar surface area (TPSA) is 0 Å². The summed E-state index contributed by atoms with van der Waals surface area (Å²) in [5.74, 6) is 0.982. The van der Waals surface area contributed by atoms with E-state index in [1.807, 2.05) is 0 Å². The maximum absolute atomic E-state index is 3.26.